The standard InChI is InChI=1S/C33H33NO7/c1-37-29-19-20-31(39-3)33(41-23-25-13-8-5-9-14-25)28(29)21-27(34(35)36)18-17-26-15-10-16-30(38-2)32(26)40-22-24-11-6-4-7-12-24/h4-16,19-21H,17-18,22-23H2,1-3H3/b27-21-. The molecule has 0 fully saturated rings. The van der Waals surface area contributed by atoms with E-state index in [-0.39, 0.29) is 23.6 Å². The van der Waals surface area contributed by atoms with Crippen LogP contribution in [0.2, 0.25) is 0 Å². The molecule has 0 amide bonds. The second-order valence-corrected chi connectivity index (χ2v) is 9.10. The third-order valence-electron chi connectivity index (χ3n) is 6.49. The fourth-order valence-corrected chi connectivity index (χ4v) is 4.37. The summed E-state index contributed by atoms with van der Waals surface area (Å²) in [5, 5.41) is 12.3. The zero-order valence-electron chi connectivity index (χ0n) is 23.4. The van der Waals surface area contributed by atoms with Crippen LogP contribution in [0.4, 0.5) is 0 Å². The Hall–Kier alpha value is -4.98. The van der Waals surface area contributed by atoms with Gasteiger partial charge in [0.2, 0.25) is 5.70 Å². The van der Waals surface area contributed by atoms with Gasteiger partial charge in [-0.1, -0.05) is 72.8 Å². The Balaban J connectivity index is 1.63. The van der Waals surface area contributed by atoms with Crippen LogP contribution in [0.5, 0.6) is 28.7 Å². The smallest absolute Gasteiger partial charge is 0.247 e. The van der Waals surface area contributed by atoms with E-state index < -0.39 is 0 Å². The topological polar surface area (TPSA) is 89.3 Å². The number of para-hydroxylation sites is 1. The number of aryl methyl sites for hydroxylation is 1. The van der Waals surface area contributed by atoms with Gasteiger partial charge in [0, 0.05) is 12.5 Å². The summed E-state index contributed by atoms with van der Waals surface area (Å²) < 4.78 is 28.9. The van der Waals surface area contributed by atoms with E-state index in [2.05, 4.69) is 0 Å². The van der Waals surface area contributed by atoms with E-state index >= 15 is 0 Å². The first-order valence-corrected chi connectivity index (χ1v) is 13.1. The van der Waals surface area contributed by atoms with Crippen molar-refractivity contribution in [2.45, 2.75) is 26.1 Å². The molecule has 8 heteroatoms. The van der Waals surface area contributed by atoms with Crippen LogP contribution < -0.4 is 23.7 Å². The van der Waals surface area contributed by atoms with Crippen molar-refractivity contribution in [3.05, 3.63) is 129 Å². The van der Waals surface area contributed by atoms with Gasteiger partial charge in [0.25, 0.3) is 0 Å². The zero-order chi connectivity index (χ0) is 29.0. The van der Waals surface area contributed by atoms with E-state index in [1.54, 1.807) is 19.2 Å². The lowest BCUT2D eigenvalue weighted by atomic mass is 10.0. The van der Waals surface area contributed by atoms with Gasteiger partial charge in [-0.25, -0.2) is 0 Å². The summed E-state index contributed by atoms with van der Waals surface area (Å²) in [5.74, 6) is 2.37. The number of allylic oxidation sites excluding steroid dienone is 1. The summed E-state index contributed by atoms with van der Waals surface area (Å²) in [7, 11) is 4.61. The molecule has 0 heterocycles. The summed E-state index contributed by atoms with van der Waals surface area (Å²) in [6.07, 6.45) is 1.97. The number of nitrogens with zero attached hydrogens (tertiary/aromatic N) is 1. The molecule has 212 valence electrons. The Kier molecular flexibility index (Phi) is 10.2. The largest absolute Gasteiger partial charge is 0.496 e. The highest BCUT2D eigenvalue weighted by Gasteiger charge is 2.21. The predicted molar refractivity (Wildman–Crippen MR) is 157 cm³/mol. The number of nitro groups is 1. The zero-order valence-corrected chi connectivity index (χ0v) is 23.4. The molecule has 4 aromatic carbocycles. The normalized spacial score (nSPS) is 11.0. The van der Waals surface area contributed by atoms with Gasteiger partial charge in [-0.3, -0.25) is 10.1 Å². The first-order valence-electron chi connectivity index (χ1n) is 13.1. The van der Waals surface area contributed by atoms with Crippen LogP contribution in [-0.2, 0) is 19.6 Å². The van der Waals surface area contributed by atoms with Crippen molar-refractivity contribution >= 4 is 6.08 Å². The summed E-state index contributed by atoms with van der Waals surface area (Å²) in [6.45, 7) is 0.597. The molecular weight excluding hydrogens is 522 g/mol. The summed E-state index contributed by atoms with van der Waals surface area (Å²) in [6, 6.07) is 28.4. The monoisotopic (exact) mass is 555 g/mol. The minimum absolute atomic E-state index is 0.0158. The van der Waals surface area contributed by atoms with Crippen molar-refractivity contribution in [3.63, 3.8) is 0 Å². The highest BCUT2D eigenvalue weighted by atomic mass is 16.6. The molecule has 8 nitrogen and oxygen atoms in total. The molecule has 4 rings (SSSR count). The molecule has 0 N–H and O–H groups in total. The molecule has 0 aromatic heterocycles. The SMILES string of the molecule is COc1ccc(OC)c(OCc2ccccc2)c1/C=C(/CCc1cccc(OC)c1OCc1ccccc1)[N+](=O)[O-]. The average molecular weight is 556 g/mol. The lowest BCUT2D eigenvalue weighted by Crippen LogP contribution is -2.05. The van der Waals surface area contributed by atoms with Crippen LogP contribution in [0.3, 0.4) is 0 Å². The second kappa shape index (κ2) is 14.4. The summed E-state index contributed by atoms with van der Waals surface area (Å²) in [4.78, 5) is 11.9. The fourth-order valence-electron chi connectivity index (χ4n) is 4.37. The van der Waals surface area contributed by atoms with Gasteiger partial charge in [0.1, 0.15) is 19.0 Å². The Morgan fingerprint density at radius 3 is 1.78 bits per heavy atom. The molecule has 0 unspecified atom stereocenters. The molecule has 0 spiro atoms. The molecule has 0 saturated heterocycles. The molecule has 0 saturated carbocycles. The van der Waals surface area contributed by atoms with E-state index in [4.69, 9.17) is 23.7 Å². The summed E-state index contributed by atoms with van der Waals surface area (Å²) in [5.41, 5.74) is 3.16. The molecule has 0 aliphatic heterocycles. The van der Waals surface area contributed by atoms with Crippen LogP contribution in [-0.4, -0.2) is 26.3 Å². The van der Waals surface area contributed by atoms with Crippen molar-refractivity contribution in [2.24, 2.45) is 0 Å². The van der Waals surface area contributed by atoms with Gasteiger partial charge in [0.15, 0.2) is 23.0 Å². The minimum atomic E-state index is -0.384. The predicted octanol–water partition coefficient (Wildman–Crippen LogP) is 7.12. The van der Waals surface area contributed by atoms with Gasteiger partial charge in [0.05, 0.1) is 31.8 Å². The molecule has 4 aromatic rings. The van der Waals surface area contributed by atoms with Crippen molar-refractivity contribution in [2.75, 3.05) is 21.3 Å². The van der Waals surface area contributed by atoms with Crippen LogP contribution in [0.25, 0.3) is 6.08 Å². The second-order valence-electron chi connectivity index (χ2n) is 9.10. The van der Waals surface area contributed by atoms with E-state index in [9.17, 15) is 10.1 Å². The van der Waals surface area contributed by atoms with Gasteiger partial charge in [-0.15, -0.1) is 0 Å². The van der Waals surface area contributed by atoms with Crippen LogP contribution >= 0.6 is 0 Å². The van der Waals surface area contributed by atoms with Crippen LogP contribution in [0.1, 0.15) is 28.7 Å². The quantitative estimate of drug-likeness (QED) is 0.121. The highest BCUT2D eigenvalue weighted by Crippen LogP contribution is 2.40. The van der Waals surface area contributed by atoms with E-state index in [0.717, 1.165) is 16.7 Å². The lowest BCUT2D eigenvalue weighted by molar-refractivity contribution is -0.426. The lowest BCUT2D eigenvalue weighted by Gasteiger charge is -2.17. The van der Waals surface area contributed by atoms with Crippen LogP contribution in [0.15, 0.2) is 96.7 Å². The van der Waals surface area contributed by atoms with Gasteiger partial charge in [-0.05, 0) is 41.3 Å². The first kappa shape index (κ1) is 29.0. The fraction of sp³-hybridized carbons (Fsp3) is 0.212. The van der Waals surface area contributed by atoms with E-state index in [1.165, 1.54) is 20.3 Å². The third kappa shape index (κ3) is 7.57. The maximum absolute atomic E-state index is 12.3. The number of benzene rings is 4. The summed E-state index contributed by atoms with van der Waals surface area (Å²) >= 11 is 0. The third-order valence-corrected chi connectivity index (χ3v) is 6.49. The van der Waals surface area contributed by atoms with Gasteiger partial charge < -0.3 is 23.7 Å². The molecule has 0 atom stereocenters. The molecule has 0 aliphatic carbocycles. The van der Waals surface area contributed by atoms with E-state index in [0.29, 0.717) is 47.3 Å². The number of rotatable bonds is 14. The Morgan fingerprint density at radius 1 is 0.683 bits per heavy atom. The Morgan fingerprint density at radius 2 is 1.22 bits per heavy atom. The van der Waals surface area contributed by atoms with Crippen molar-refractivity contribution in [1.82, 2.24) is 0 Å². The van der Waals surface area contributed by atoms with E-state index in [1.807, 2.05) is 78.9 Å². The minimum Gasteiger partial charge on any atom is -0.496 e. The van der Waals surface area contributed by atoms with Gasteiger partial charge in [-0.2, -0.15) is 0 Å². The van der Waals surface area contributed by atoms with Crippen molar-refractivity contribution < 1.29 is 28.6 Å². The number of hydrogen-bond donors (Lipinski definition) is 0. The maximum Gasteiger partial charge on any atom is 0.247 e. The highest BCUT2D eigenvalue weighted by molar-refractivity contribution is 5.69. The number of hydrogen-bond acceptors (Lipinski definition) is 7. The van der Waals surface area contributed by atoms with Crippen molar-refractivity contribution in [3.8, 4) is 28.7 Å². The van der Waals surface area contributed by atoms with Crippen molar-refractivity contribution in [1.29, 1.82) is 0 Å². The molecular formula is C33H33NO7. The Bertz CT molecular complexity index is 1470. The molecule has 0 bridgehead atoms. The first-order chi connectivity index (χ1) is 20.0. The molecule has 0 radical (unpaired) electrons. The number of ether oxygens (including phenoxy) is 5. The van der Waals surface area contributed by atoms with Crippen LogP contribution in [0, 0.1) is 10.1 Å². The molecule has 41 heavy (non-hydrogen) atoms. The van der Waals surface area contributed by atoms with Gasteiger partial charge >= 0.3 is 0 Å². The molecule has 0 aliphatic rings. The maximum atomic E-state index is 12.3. The Labute approximate surface area is 239 Å². The average Bonchev–Trinajstić information content (AvgIpc) is 3.01. The number of methoxy groups -OCH3 is 3.